The van der Waals surface area contributed by atoms with Crippen LogP contribution < -0.4 is 20.2 Å². The molecule has 27 heavy (non-hydrogen) atoms. The Hall–Kier alpha value is -3.52. The molecule has 8 nitrogen and oxygen atoms in total. The molecule has 2 aromatic heterocycles. The minimum Gasteiger partial charge on any atom is -0.502 e. The predicted octanol–water partition coefficient (Wildman–Crippen LogP) is 2.16. The van der Waals surface area contributed by atoms with Crippen LogP contribution >= 0.6 is 0 Å². The Morgan fingerprint density at radius 3 is 2.78 bits per heavy atom. The van der Waals surface area contributed by atoms with E-state index in [1.54, 1.807) is 42.6 Å². The van der Waals surface area contributed by atoms with Crippen LogP contribution in [0.3, 0.4) is 0 Å². The zero-order valence-electron chi connectivity index (χ0n) is 14.1. The van der Waals surface area contributed by atoms with Gasteiger partial charge >= 0.3 is 0 Å². The van der Waals surface area contributed by atoms with E-state index >= 15 is 0 Å². The molecule has 0 unspecified atom stereocenters. The topological polar surface area (TPSA) is 114 Å². The first-order chi connectivity index (χ1) is 13.2. The minimum atomic E-state index is -0.756. The number of ether oxygens (including phenoxy) is 2. The Kier molecular flexibility index (Phi) is 4.39. The Morgan fingerprint density at radius 2 is 2.00 bits per heavy atom. The fourth-order valence-electron chi connectivity index (χ4n) is 2.82. The minimum absolute atomic E-state index is 0.0314. The largest absolute Gasteiger partial charge is 0.502 e. The van der Waals surface area contributed by atoms with Crippen LogP contribution in [0, 0.1) is 0 Å². The molecule has 0 bridgehead atoms. The summed E-state index contributed by atoms with van der Waals surface area (Å²) in [6, 6.07) is 10.8. The van der Waals surface area contributed by atoms with Gasteiger partial charge in [-0.05, 0) is 29.8 Å². The lowest BCUT2D eigenvalue weighted by atomic mass is 10.0. The highest BCUT2D eigenvalue weighted by atomic mass is 16.7. The number of nitrogens with zero attached hydrogens (tertiary/aromatic N) is 1. The number of rotatable bonds is 5. The smallest absolute Gasteiger partial charge is 0.231 e. The Morgan fingerprint density at radius 1 is 1.15 bits per heavy atom. The van der Waals surface area contributed by atoms with E-state index < -0.39 is 23.8 Å². The highest BCUT2D eigenvalue weighted by Gasteiger charge is 2.26. The molecule has 0 aliphatic carbocycles. The van der Waals surface area contributed by atoms with E-state index in [0.29, 0.717) is 22.9 Å². The lowest BCUT2D eigenvalue weighted by molar-refractivity contribution is 0.174. The summed E-state index contributed by atoms with van der Waals surface area (Å²) >= 11 is 0. The number of anilines is 1. The summed E-state index contributed by atoms with van der Waals surface area (Å²) in [6.07, 6.45) is 1.61. The number of aliphatic hydroxyl groups excluding tert-OH is 1. The second-order valence-corrected chi connectivity index (χ2v) is 5.85. The van der Waals surface area contributed by atoms with E-state index in [4.69, 9.17) is 13.9 Å². The van der Waals surface area contributed by atoms with Gasteiger partial charge < -0.3 is 29.4 Å². The molecule has 8 heteroatoms. The molecule has 1 atom stereocenters. The van der Waals surface area contributed by atoms with Gasteiger partial charge in [-0.25, -0.2) is 4.98 Å². The lowest BCUT2D eigenvalue weighted by Gasteiger charge is -2.20. The number of aliphatic hydroxyl groups is 1. The summed E-state index contributed by atoms with van der Waals surface area (Å²) in [6.45, 7) is -0.350. The molecule has 3 aromatic rings. The SMILES string of the molecule is O=c1cc(CO)oc([C@H](Nc2ccccn2)c2ccc3c(c2)OCO3)c1O. The average molecular weight is 368 g/mol. The van der Waals surface area contributed by atoms with Gasteiger partial charge in [0.05, 0.1) is 0 Å². The number of nitrogens with one attached hydrogen (secondary N) is 1. The number of aromatic nitrogens is 1. The van der Waals surface area contributed by atoms with Crippen molar-refractivity contribution in [3.8, 4) is 17.2 Å². The second-order valence-electron chi connectivity index (χ2n) is 5.85. The van der Waals surface area contributed by atoms with Gasteiger partial charge in [-0.3, -0.25) is 4.79 Å². The van der Waals surface area contributed by atoms with Gasteiger partial charge in [0.1, 0.15) is 24.2 Å². The van der Waals surface area contributed by atoms with Gasteiger partial charge in [0.25, 0.3) is 0 Å². The monoisotopic (exact) mass is 368 g/mol. The molecule has 138 valence electrons. The molecule has 1 aromatic carbocycles. The predicted molar refractivity (Wildman–Crippen MR) is 94.8 cm³/mol. The van der Waals surface area contributed by atoms with Crippen LogP contribution in [0.5, 0.6) is 17.2 Å². The van der Waals surface area contributed by atoms with Gasteiger partial charge in [0.2, 0.25) is 18.0 Å². The number of fused-ring (bicyclic) bond motifs is 1. The normalized spacial score (nSPS) is 13.4. The fraction of sp³-hybridized carbons (Fsp3) is 0.158. The van der Waals surface area contributed by atoms with E-state index in [0.717, 1.165) is 6.07 Å². The highest BCUT2D eigenvalue weighted by Crippen LogP contribution is 2.38. The molecule has 0 radical (unpaired) electrons. The van der Waals surface area contributed by atoms with Crippen LogP contribution in [0.25, 0.3) is 0 Å². The molecule has 4 rings (SSSR count). The van der Waals surface area contributed by atoms with Crippen molar-refractivity contribution < 1.29 is 24.1 Å². The Balaban J connectivity index is 1.84. The van der Waals surface area contributed by atoms with Crippen molar-refractivity contribution in [3.63, 3.8) is 0 Å². The van der Waals surface area contributed by atoms with Crippen molar-refractivity contribution in [2.75, 3.05) is 12.1 Å². The van der Waals surface area contributed by atoms with Crippen molar-refractivity contribution in [3.05, 3.63) is 76.0 Å². The van der Waals surface area contributed by atoms with Crippen molar-refractivity contribution >= 4 is 5.82 Å². The van der Waals surface area contributed by atoms with Gasteiger partial charge in [-0.2, -0.15) is 0 Å². The third-order valence-corrected chi connectivity index (χ3v) is 4.11. The van der Waals surface area contributed by atoms with E-state index in [1.807, 2.05) is 0 Å². The fourth-order valence-corrected chi connectivity index (χ4v) is 2.82. The van der Waals surface area contributed by atoms with Crippen LogP contribution in [0.15, 0.2) is 57.9 Å². The molecular weight excluding hydrogens is 352 g/mol. The molecule has 1 aliphatic rings. The maximum absolute atomic E-state index is 12.1. The van der Waals surface area contributed by atoms with Crippen LogP contribution in [0.4, 0.5) is 5.82 Å². The van der Waals surface area contributed by atoms with Crippen molar-refractivity contribution in [1.82, 2.24) is 4.98 Å². The number of hydrogen-bond acceptors (Lipinski definition) is 8. The summed E-state index contributed by atoms with van der Waals surface area (Å²) in [5.41, 5.74) is 0.00677. The quantitative estimate of drug-likeness (QED) is 0.628. The van der Waals surface area contributed by atoms with E-state index in [-0.39, 0.29) is 18.3 Å². The highest BCUT2D eigenvalue weighted by molar-refractivity contribution is 5.51. The lowest BCUT2D eigenvalue weighted by Crippen LogP contribution is -2.17. The zero-order valence-corrected chi connectivity index (χ0v) is 14.1. The first-order valence-corrected chi connectivity index (χ1v) is 8.19. The summed E-state index contributed by atoms with van der Waals surface area (Å²) in [7, 11) is 0. The third-order valence-electron chi connectivity index (χ3n) is 4.11. The molecule has 1 aliphatic heterocycles. The molecule has 0 saturated carbocycles. The van der Waals surface area contributed by atoms with Crippen LogP contribution in [-0.4, -0.2) is 22.0 Å². The third kappa shape index (κ3) is 3.30. The Bertz CT molecular complexity index is 1020. The van der Waals surface area contributed by atoms with E-state index in [1.165, 1.54) is 0 Å². The molecule has 3 heterocycles. The summed E-state index contributed by atoms with van der Waals surface area (Å²) in [5.74, 6) is 1.12. The van der Waals surface area contributed by atoms with E-state index in [2.05, 4.69) is 10.3 Å². The van der Waals surface area contributed by atoms with Crippen LogP contribution in [0.2, 0.25) is 0 Å². The van der Waals surface area contributed by atoms with Gasteiger partial charge in [0.15, 0.2) is 17.3 Å². The van der Waals surface area contributed by atoms with Gasteiger partial charge in [0, 0.05) is 12.3 Å². The summed E-state index contributed by atoms with van der Waals surface area (Å²) in [4.78, 5) is 16.3. The summed E-state index contributed by atoms with van der Waals surface area (Å²) < 4.78 is 16.3. The Labute approximate surface area is 153 Å². The van der Waals surface area contributed by atoms with Crippen molar-refractivity contribution in [2.24, 2.45) is 0 Å². The maximum Gasteiger partial charge on any atom is 0.231 e. The molecule has 0 amide bonds. The number of pyridine rings is 1. The molecule has 3 N–H and O–H groups in total. The average Bonchev–Trinajstić information content (AvgIpc) is 3.17. The number of hydrogen-bond donors (Lipinski definition) is 3. The zero-order chi connectivity index (χ0) is 18.8. The van der Waals surface area contributed by atoms with Crippen molar-refractivity contribution in [1.29, 1.82) is 0 Å². The molecule has 0 spiro atoms. The van der Waals surface area contributed by atoms with Gasteiger partial charge in [-0.15, -0.1) is 0 Å². The van der Waals surface area contributed by atoms with Crippen LogP contribution in [0.1, 0.15) is 23.1 Å². The second kappa shape index (κ2) is 7.00. The number of aromatic hydroxyl groups is 1. The first kappa shape index (κ1) is 16.9. The number of benzene rings is 1. The van der Waals surface area contributed by atoms with Crippen molar-refractivity contribution in [2.45, 2.75) is 12.6 Å². The first-order valence-electron chi connectivity index (χ1n) is 8.19. The van der Waals surface area contributed by atoms with Gasteiger partial charge in [-0.1, -0.05) is 12.1 Å². The molecular formula is C19H16N2O6. The van der Waals surface area contributed by atoms with Crippen LogP contribution in [-0.2, 0) is 6.61 Å². The molecule has 0 fully saturated rings. The molecule has 0 saturated heterocycles. The standard InChI is InChI=1S/C19H16N2O6/c22-9-12-8-13(23)18(24)19(27-12)17(21-16-3-1-2-6-20-16)11-4-5-14-15(7-11)26-10-25-14/h1-8,17,22,24H,9-10H2,(H,20,21)/t17-/m1/s1. The maximum atomic E-state index is 12.1. The summed E-state index contributed by atoms with van der Waals surface area (Å²) in [5, 5.41) is 22.8. The van der Waals surface area contributed by atoms with E-state index in [9.17, 15) is 15.0 Å².